The van der Waals surface area contributed by atoms with Crippen molar-refractivity contribution in [2.75, 3.05) is 12.3 Å². The van der Waals surface area contributed by atoms with Crippen LogP contribution in [0.5, 0.6) is 0 Å². The lowest BCUT2D eigenvalue weighted by molar-refractivity contribution is 0.106. The number of aromatic nitrogens is 2. The molecule has 6 nitrogen and oxygen atoms in total. The second-order valence-corrected chi connectivity index (χ2v) is 4.72. The van der Waals surface area contributed by atoms with Gasteiger partial charge in [-0.15, -0.1) is 0 Å². The van der Waals surface area contributed by atoms with Gasteiger partial charge in [-0.3, -0.25) is 4.90 Å². The summed E-state index contributed by atoms with van der Waals surface area (Å²) in [6.45, 7) is 3.20. The van der Waals surface area contributed by atoms with Crippen molar-refractivity contribution >= 4 is 12.0 Å². The Morgan fingerprint density at radius 1 is 1.44 bits per heavy atom. The summed E-state index contributed by atoms with van der Waals surface area (Å²) in [6, 6.07) is 0. The first kappa shape index (κ1) is 11.3. The number of hydrogen-bond donors (Lipinski definition) is 1. The van der Waals surface area contributed by atoms with Crippen LogP contribution in [0.25, 0.3) is 0 Å². The van der Waals surface area contributed by atoms with Crippen LogP contribution in [0, 0.1) is 0 Å². The van der Waals surface area contributed by atoms with Crippen molar-refractivity contribution in [1.82, 2.24) is 14.9 Å². The lowest BCUT2D eigenvalue weighted by Crippen LogP contribution is -2.26. The molecule has 0 spiro atoms. The number of nitrogens with two attached hydrogens (primary N) is 1. The third-order valence-corrected chi connectivity index (χ3v) is 3.32. The molecule has 0 saturated heterocycles. The summed E-state index contributed by atoms with van der Waals surface area (Å²) in [6.07, 6.45) is 2.01. The van der Waals surface area contributed by atoms with Crippen LogP contribution >= 0.6 is 0 Å². The molecule has 2 aliphatic rings. The third-order valence-electron chi connectivity index (χ3n) is 3.32. The normalized spacial score (nSPS) is 17.7. The number of amides is 1. The zero-order valence-corrected chi connectivity index (χ0v) is 10.3. The maximum absolute atomic E-state index is 11.7. The van der Waals surface area contributed by atoms with Gasteiger partial charge in [0.25, 0.3) is 0 Å². The van der Waals surface area contributed by atoms with Crippen LogP contribution in [0.2, 0.25) is 0 Å². The molecule has 1 saturated carbocycles. The molecule has 0 bridgehead atoms. The molecule has 2 N–H and O–H groups in total. The number of nitrogen functional groups attached to an aromatic ring is 1. The van der Waals surface area contributed by atoms with E-state index in [-0.39, 0.29) is 6.09 Å². The average Bonchev–Trinajstić information content (AvgIpc) is 3.08. The van der Waals surface area contributed by atoms with Crippen LogP contribution in [-0.4, -0.2) is 27.6 Å². The van der Waals surface area contributed by atoms with Crippen LogP contribution in [0.1, 0.15) is 42.6 Å². The number of carbonyl (C=O) groups is 1. The molecule has 1 aromatic heterocycles. The first-order chi connectivity index (χ1) is 8.69. The van der Waals surface area contributed by atoms with Crippen molar-refractivity contribution < 1.29 is 9.53 Å². The summed E-state index contributed by atoms with van der Waals surface area (Å²) < 4.78 is 5.01. The molecule has 1 amide bonds. The van der Waals surface area contributed by atoms with Crippen LogP contribution in [0.3, 0.4) is 0 Å². The number of anilines is 1. The maximum Gasteiger partial charge on any atom is 0.410 e. The predicted octanol–water partition coefficient (Wildman–Crippen LogP) is 1.41. The largest absolute Gasteiger partial charge is 0.450 e. The molecule has 1 aliphatic carbocycles. The molecule has 1 aliphatic heterocycles. The fourth-order valence-electron chi connectivity index (χ4n) is 2.34. The number of rotatable bonds is 2. The molecular weight excluding hydrogens is 232 g/mol. The minimum atomic E-state index is -0.296. The van der Waals surface area contributed by atoms with Gasteiger partial charge >= 0.3 is 6.09 Å². The fourth-order valence-corrected chi connectivity index (χ4v) is 2.34. The van der Waals surface area contributed by atoms with E-state index in [1.807, 2.05) is 0 Å². The highest BCUT2D eigenvalue weighted by Gasteiger charge is 2.35. The van der Waals surface area contributed by atoms with Gasteiger partial charge in [-0.1, -0.05) is 0 Å². The molecule has 6 heteroatoms. The van der Waals surface area contributed by atoms with Crippen LogP contribution in [0.4, 0.5) is 10.7 Å². The molecule has 18 heavy (non-hydrogen) atoms. The number of nitrogens with zero attached hydrogens (tertiary/aromatic N) is 3. The van der Waals surface area contributed by atoms with E-state index in [0.29, 0.717) is 31.6 Å². The van der Waals surface area contributed by atoms with Crippen molar-refractivity contribution in [2.24, 2.45) is 0 Å². The average molecular weight is 248 g/mol. The second-order valence-electron chi connectivity index (χ2n) is 4.72. The molecule has 0 aromatic carbocycles. The zero-order chi connectivity index (χ0) is 12.7. The first-order valence-corrected chi connectivity index (χ1v) is 6.26. The highest BCUT2D eigenvalue weighted by Crippen LogP contribution is 2.43. The van der Waals surface area contributed by atoms with Crippen molar-refractivity contribution in [1.29, 1.82) is 0 Å². The van der Waals surface area contributed by atoms with E-state index in [4.69, 9.17) is 10.5 Å². The van der Waals surface area contributed by atoms with Crippen molar-refractivity contribution in [3.63, 3.8) is 0 Å². The molecule has 1 aromatic rings. The fraction of sp³-hybridized carbons (Fsp3) is 0.583. The van der Waals surface area contributed by atoms with Gasteiger partial charge in [-0.05, 0) is 19.8 Å². The Labute approximate surface area is 105 Å². The lowest BCUT2D eigenvalue weighted by Gasteiger charge is -2.13. The minimum Gasteiger partial charge on any atom is -0.450 e. The molecule has 0 atom stereocenters. The summed E-state index contributed by atoms with van der Waals surface area (Å²) in [7, 11) is 0. The van der Waals surface area contributed by atoms with E-state index in [9.17, 15) is 4.79 Å². The highest BCUT2D eigenvalue weighted by atomic mass is 16.6. The summed E-state index contributed by atoms with van der Waals surface area (Å²) in [5.74, 6) is 0.813. The van der Waals surface area contributed by atoms with E-state index in [0.717, 1.165) is 29.8 Å². The molecule has 3 rings (SSSR count). The van der Waals surface area contributed by atoms with E-state index in [1.165, 1.54) is 0 Å². The van der Waals surface area contributed by atoms with E-state index >= 15 is 0 Å². The highest BCUT2D eigenvalue weighted by molar-refractivity contribution is 5.68. The predicted molar refractivity (Wildman–Crippen MR) is 64.7 cm³/mol. The van der Waals surface area contributed by atoms with E-state index < -0.39 is 0 Å². The quantitative estimate of drug-likeness (QED) is 0.855. The SMILES string of the molecule is CCOC(=O)N1Cc2nc(N)nc(C3CC3)c2C1. The van der Waals surface area contributed by atoms with Crippen LogP contribution < -0.4 is 5.73 Å². The van der Waals surface area contributed by atoms with Crippen molar-refractivity contribution in [3.8, 4) is 0 Å². The van der Waals surface area contributed by atoms with Crippen LogP contribution in [-0.2, 0) is 17.8 Å². The monoisotopic (exact) mass is 248 g/mol. The van der Waals surface area contributed by atoms with E-state index in [2.05, 4.69) is 9.97 Å². The smallest absolute Gasteiger partial charge is 0.410 e. The molecule has 96 valence electrons. The Morgan fingerprint density at radius 3 is 2.89 bits per heavy atom. The summed E-state index contributed by atoms with van der Waals surface area (Å²) >= 11 is 0. The Kier molecular flexibility index (Phi) is 2.57. The molecule has 0 radical (unpaired) electrons. The second kappa shape index (κ2) is 4.12. The Morgan fingerprint density at radius 2 is 2.22 bits per heavy atom. The van der Waals surface area contributed by atoms with Crippen LogP contribution in [0.15, 0.2) is 0 Å². The summed E-state index contributed by atoms with van der Waals surface area (Å²) in [5, 5.41) is 0. The van der Waals surface area contributed by atoms with Crippen molar-refractivity contribution in [3.05, 3.63) is 17.0 Å². The van der Waals surface area contributed by atoms with Gasteiger partial charge in [0.15, 0.2) is 0 Å². The number of fused-ring (bicyclic) bond motifs is 1. The van der Waals surface area contributed by atoms with Gasteiger partial charge in [0, 0.05) is 11.5 Å². The van der Waals surface area contributed by atoms with Gasteiger partial charge in [0.05, 0.1) is 31.1 Å². The van der Waals surface area contributed by atoms with Gasteiger partial charge in [0.2, 0.25) is 5.95 Å². The van der Waals surface area contributed by atoms with Crippen molar-refractivity contribution in [2.45, 2.75) is 38.8 Å². The van der Waals surface area contributed by atoms with Gasteiger partial charge in [-0.2, -0.15) is 0 Å². The topological polar surface area (TPSA) is 81.3 Å². The molecule has 0 unspecified atom stereocenters. The van der Waals surface area contributed by atoms with Gasteiger partial charge in [-0.25, -0.2) is 14.8 Å². The van der Waals surface area contributed by atoms with Gasteiger partial charge in [0.1, 0.15) is 0 Å². The Bertz CT molecular complexity index is 499. The molecule has 1 fully saturated rings. The first-order valence-electron chi connectivity index (χ1n) is 6.26. The minimum absolute atomic E-state index is 0.296. The number of hydrogen-bond acceptors (Lipinski definition) is 5. The van der Waals surface area contributed by atoms with E-state index in [1.54, 1.807) is 11.8 Å². The third kappa shape index (κ3) is 1.87. The lowest BCUT2D eigenvalue weighted by atomic mass is 10.1. The maximum atomic E-state index is 11.7. The molecular formula is C12H16N4O2. The number of ether oxygens (including phenoxy) is 1. The number of carbonyl (C=O) groups excluding carboxylic acids is 1. The summed E-state index contributed by atoms with van der Waals surface area (Å²) in [4.78, 5) is 21.9. The van der Waals surface area contributed by atoms with Gasteiger partial charge < -0.3 is 10.5 Å². The Hall–Kier alpha value is -1.85. The zero-order valence-electron chi connectivity index (χ0n) is 10.3. The summed E-state index contributed by atoms with van der Waals surface area (Å²) in [5.41, 5.74) is 8.69. The molecule has 2 heterocycles. The standard InChI is InChI=1S/C12H16N4O2/c1-2-18-12(17)16-5-8-9(6-16)14-11(13)15-10(8)7-3-4-7/h7H,2-6H2,1H3,(H2,13,14,15). The Balaban J connectivity index is 1.87.